The molecule has 0 amide bonds. The maximum atomic E-state index is 11.5. The quantitative estimate of drug-likeness (QED) is 0.177. The number of hydrogen-bond acceptors (Lipinski definition) is 6. The number of fused-ring (bicyclic) bond motifs is 2. The minimum atomic E-state index is -0.134. The lowest BCUT2D eigenvalue weighted by Crippen LogP contribution is -2.07. The monoisotopic (exact) mass is 522 g/mol. The van der Waals surface area contributed by atoms with E-state index in [1.54, 1.807) is 12.1 Å². The van der Waals surface area contributed by atoms with Crippen LogP contribution in [0.5, 0.6) is 11.5 Å². The number of aromatic nitrogens is 4. The van der Waals surface area contributed by atoms with Crippen LogP contribution in [0.25, 0.3) is 21.8 Å². The topological polar surface area (TPSA) is 90.0 Å². The molecule has 0 bridgehead atoms. The SMILES string of the molecule is Cc1cc2c(=O)[nH]cnc2cc1OCCCCl.Cc1cc2c(Cl)ncnc2cc1OCCCCl. The van der Waals surface area contributed by atoms with Gasteiger partial charge in [0, 0.05) is 29.3 Å². The van der Waals surface area contributed by atoms with E-state index in [0.29, 0.717) is 41.0 Å². The maximum Gasteiger partial charge on any atom is 0.258 e. The van der Waals surface area contributed by atoms with Gasteiger partial charge in [-0.05, 0) is 49.9 Å². The Kier molecular flexibility index (Phi) is 9.74. The van der Waals surface area contributed by atoms with Gasteiger partial charge in [0.05, 0.1) is 36.0 Å². The van der Waals surface area contributed by atoms with Gasteiger partial charge < -0.3 is 14.5 Å². The number of H-pyrrole nitrogens is 1. The van der Waals surface area contributed by atoms with Crippen LogP contribution in [0.1, 0.15) is 24.0 Å². The molecule has 180 valence electrons. The Labute approximate surface area is 212 Å². The van der Waals surface area contributed by atoms with Crippen LogP contribution < -0.4 is 15.0 Å². The van der Waals surface area contributed by atoms with Crippen molar-refractivity contribution < 1.29 is 9.47 Å². The van der Waals surface area contributed by atoms with Crippen LogP contribution in [0.2, 0.25) is 5.15 Å². The average molecular weight is 524 g/mol. The van der Waals surface area contributed by atoms with Crippen molar-refractivity contribution >= 4 is 56.6 Å². The average Bonchev–Trinajstić information content (AvgIpc) is 2.82. The summed E-state index contributed by atoms with van der Waals surface area (Å²) in [7, 11) is 0. The van der Waals surface area contributed by atoms with Crippen LogP contribution in [-0.4, -0.2) is 44.9 Å². The number of aryl methyl sites for hydroxylation is 2. The zero-order valence-corrected chi connectivity index (χ0v) is 21.2. The van der Waals surface area contributed by atoms with E-state index in [9.17, 15) is 4.79 Å². The number of ether oxygens (including phenoxy) is 2. The van der Waals surface area contributed by atoms with Crippen LogP contribution in [0, 0.1) is 13.8 Å². The van der Waals surface area contributed by atoms with Crippen molar-refractivity contribution in [2.45, 2.75) is 26.7 Å². The zero-order valence-electron chi connectivity index (χ0n) is 18.9. The molecular formula is C24H25Cl3N4O3. The lowest BCUT2D eigenvalue weighted by molar-refractivity contribution is 0.316. The van der Waals surface area contributed by atoms with E-state index >= 15 is 0 Å². The smallest absolute Gasteiger partial charge is 0.258 e. The number of rotatable bonds is 8. The van der Waals surface area contributed by atoms with Gasteiger partial charge in [-0.25, -0.2) is 15.0 Å². The first-order chi connectivity index (χ1) is 16.4. The summed E-state index contributed by atoms with van der Waals surface area (Å²) >= 11 is 17.2. The molecule has 2 aromatic carbocycles. The Morgan fingerprint density at radius 3 is 1.97 bits per heavy atom. The Morgan fingerprint density at radius 2 is 1.38 bits per heavy atom. The molecular weight excluding hydrogens is 499 g/mol. The number of alkyl halides is 2. The van der Waals surface area contributed by atoms with Crippen molar-refractivity contribution in [2.75, 3.05) is 25.0 Å². The summed E-state index contributed by atoms with van der Waals surface area (Å²) in [5.74, 6) is 2.74. The van der Waals surface area contributed by atoms with Crippen LogP contribution in [0.3, 0.4) is 0 Å². The Morgan fingerprint density at radius 1 is 0.824 bits per heavy atom. The van der Waals surface area contributed by atoms with Gasteiger partial charge in [-0.2, -0.15) is 0 Å². The van der Waals surface area contributed by atoms with E-state index in [4.69, 9.17) is 44.3 Å². The van der Waals surface area contributed by atoms with Gasteiger partial charge in [0.1, 0.15) is 23.0 Å². The lowest BCUT2D eigenvalue weighted by atomic mass is 10.1. The molecule has 0 aliphatic heterocycles. The third-order valence-corrected chi connectivity index (χ3v) is 5.73. The number of aromatic amines is 1. The molecule has 0 saturated heterocycles. The highest BCUT2D eigenvalue weighted by Gasteiger charge is 2.07. The fourth-order valence-corrected chi connectivity index (χ4v) is 3.56. The Balaban J connectivity index is 0.000000191. The second-order valence-corrected chi connectivity index (χ2v) is 8.56. The normalized spacial score (nSPS) is 10.7. The molecule has 2 aromatic heterocycles. The number of nitrogens with one attached hydrogen (secondary N) is 1. The maximum absolute atomic E-state index is 11.5. The van der Waals surface area contributed by atoms with Crippen LogP contribution in [0.15, 0.2) is 41.7 Å². The van der Waals surface area contributed by atoms with Crippen molar-refractivity contribution in [1.29, 1.82) is 0 Å². The highest BCUT2D eigenvalue weighted by molar-refractivity contribution is 6.34. The lowest BCUT2D eigenvalue weighted by Gasteiger charge is -2.09. The molecule has 4 aromatic rings. The molecule has 2 heterocycles. The van der Waals surface area contributed by atoms with Gasteiger partial charge in [-0.15, -0.1) is 23.2 Å². The number of hydrogen-bond donors (Lipinski definition) is 1. The molecule has 0 spiro atoms. The van der Waals surface area contributed by atoms with E-state index in [1.165, 1.54) is 12.7 Å². The number of nitrogens with zero attached hydrogens (tertiary/aromatic N) is 3. The highest BCUT2D eigenvalue weighted by Crippen LogP contribution is 2.27. The predicted octanol–water partition coefficient (Wildman–Crippen LogP) is 5.84. The molecule has 7 nitrogen and oxygen atoms in total. The second kappa shape index (κ2) is 12.7. The Bertz CT molecular complexity index is 1310. The van der Waals surface area contributed by atoms with E-state index in [2.05, 4.69) is 19.9 Å². The van der Waals surface area contributed by atoms with E-state index in [-0.39, 0.29) is 5.56 Å². The molecule has 0 aliphatic carbocycles. The molecule has 0 aliphatic rings. The van der Waals surface area contributed by atoms with Crippen molar-refractivity contribution in [3.05, 3.63) is 63.6 Å². The number of benzene rings is 2. The second-order valence-electron chi connectivity index (χ2n) is 7.45. The van der Waals surface area contributed by atoms with Crippen molar-refractivity contribution in [2.24, 2.45) is 0 Å². The first kappa shape index (κ1) is 26.0. The van der Waals surface area contributed by atoms with Gasteiger partial charge >= 0.3 is 0 Å². The summed E-state index contributed by atoms with van der Waals surface area (Å²) in [5, 5.41) is 1.89. The third kappa shape index (κ3) is 6.72. The summed E-state index contributed by atoms with van der Waals surface area (Å²) in [6.45, 7) is 5.05. The van der Waals surface area contributed by atoms with E-state index < -0.39 is 0 Å². The van der Waals surface area contributed by atoms with Gasteiger partial charge in [-0.1, -0.05) is 11.6 Å². The summed E-state index contributed by atoms with van der Waals surface area (Å²) in [6, 6.07) is 7.39. The fourth-order valence-electron chi connectivity index (χ4n) is 3.15. The highest BCUT2D eigenvalue weighted by atomic mass is 35.5. The predicted molar refractivity (Wildman–Crippen MR) is 138 cm³/mol. The van der Waals surface area contributed by atoms with Gasteiger partial charge in [0.25, 0.3) is 5.56 Å². The van der Waals surface area contributed by atoms with Crippen LogP contribution in [-0.2, 0) is 0 Å². The molecule has 1 N–H and O–H groups in total. The summed E-state index contributed by atoms with van der Waals surface area (Å²) in [5.41, 5.74) is 3.23. The summed E-state index contributed by atoms with van der Waals surface area (Å²) in [4.78, 5) is 26.3. The van der Waals surface area contributed by atoms with Gasteiger partial charge in [0.15, 0.2) is 0 Å². The molecule has 0 saturated carbocycles. The molecule has 0 atom stereocenters. The fraction of sp³-hybridized carbons (Fsp3) is 0.333. The van der Waals surface area contributed by atoms with Gasteiger partial charge in [-0.3, -0.25) is 4.79 Å². The Hall–Kier alpha value is -2.61. The summed E-state index contributed by atoms with van der Waals surface area (Å²) < 4.78 is 11.2. The minimum absolute atomic E-state index is 0.134. The van der Waals surface area contributed by atoms with Gasteiger partial charge in [0.2, 0.25) is 0 Å². The van der Waals surface area contributed by atoms with Crippen molar-refractivity contribution in [3.8, 4) is 11.5 Å². The molecule has 4 rings (SSSR count). The van der Waals surface area contributed by atoms with Crippen molar-refractivity contribution in [1.82, 2.24) is 19.9 Å². The number of halogens is 3. The molecule has 0 fully saturated rings. The largest absolute Gasteiger partial charge is 0.493 e. The minimum Gasteiger partial charge on any atom is -0.493 e. The third-order valence-electron chi connectivity index (χ3n) is 4.89. The standard InChI is InChI=1S/C12H12Cl2N2O.C12H13ClN2O2/c1-8-5-9-10(15-7-16-12(9)14)6-11(8)17-4-2-3-13;1-8-5-9-10(14-7-15-12(9)16)6-11(8)17-4-2-3-13/h5-7H,2-4H2,1H3;5-7H,2-4H2,1H3,(H,14,15,16). The first-order valence-corrected chi connectivity index (χ1v) is 12.2. The molecule has 34 heavy (non-hydrogen) atoms. The van der Waals surface area contributed by atoms with E-state index in [1.807, 2.05) is 26.0 Å². The molecule has 10 heteroatoms. The van der Waals surface area contributed by atoms with Crippen LogP contribution >= 0.6 is 34.8 Å². The van der Waals surface area contributed by atoms with Crippen molar-refractivity contribution in [3.63, 3.8) is 0 Å². The molecule has 0 unspecified atom stereocenters. The molecule has 0 radical (unpaired) electrons. The van der Waals surface area contributed by atoms with Crippen LogP contribution in [0.4, 0.5) is 0 Å². The first-order valence-electron chi connectivity index (χ1n) is 10.7. The summed E-state index contributed by atoms with van der Waals surface area (Å²) in [6.07, 6.45) is 4.45. The zero-order chi connectivity index (χ0) is 24.5. The van der Waals surface area contributed by atoms with E-state index in [0.717, 1.165) is 46.4 Å².